The molecule has 6 heteroatoms. The minimum absolute atomic E-state index is 0.0397. The fourth-order valence-corrected chi connectivity index (χ4v) is 4.25. The summed E-state index contributed by atoms with van der Waals surface area (Å²) < 4.78 is 5.24. The van der Waals surface area contributed by atoms with Gasteiger partial charge in [0.25, 0.3) is 5.91 Å². The minimum atomic E-state index is -0.659. The molecule has 27 heavy (non-hydrogen) atoms. The van der Waals surface area contributed by atoms with Crippen LogP contribution in [-0.4, -0.2) is 30.4 Å². The summed E-state index contributed by atoms with van der Waals surface area (Å²) in [6.07, 6.45) is 6.82. The number of esters is 1. The van der Waals surface area contributed by atoms with Crippen LogP contribution in [0, 0.1) is 5.92 Å². The molecule has 1 fully saturated rings. The Morgan fingerprint density at radius 3 is 2.59 bits per heavy atom. The van der Waals surface area contributed by atoms with Gasteiger partial charge in [-0.3, -0.25) is 9.59 Å². The lowest BCUT2D eigenvalue weighted by molar-refractivity contribution is -0.153. The van der Waals surface area contributed by atoms with E-state index in [1.165, 1.54) is 12.5 Å². The zero-order valence-electron chi connectivity index (χ0n) is 15.8. The van der Waals surface area contributed by atoms with E-state index in [2.05, 4.69) is 16.7 Å². The third-order valence-corrected chi connectivity index (χ3v) is 5.53. The van der Waals surface area contributed by atoms with Gasteiger partial charge >= 0.3 is 5.97 Å². The highest BCUT2D eigenvalue weighted by Crippen LogP contribution is 2.30. The normalized spacial score (nSPS) is 20.4. The van der Waals surface area contributed by atoms with Crippen LogP contribution in [0.15, 0.2) is 24.3 Å². The van der Waals surface area contributed by atoms with Crippen molar-refractivity contribution in [2.75, 3.05) is 6.61 Å². The topological polar surface area (TPSA) is 84.5 Å². The molecule has 1 saturated carbocycles. The lowest BCUT2D eigenvalue weighted by Gasteiger charge is -2.26. The summed E-state index contributed by atoms with van der Waals surface area (Å²) in [5, 5.41) is 5.67. The maximum absolute atomic E-state index is 12.4. The molecule has 1 aromatic carbocycles. The SMILES string of the molecule is CC(=O)NC(C(=O)OCC(=O)NC1CCCc2ccccc21)C1CCCC1. The van der Waals surface area contributed by atoms with Gasteiger partial charge in [0.15, 0.2) is 6.61 Å². The summed E-state index contributed by atoms with van der Waals surface area (Å²) in [6.45, 7) is 1.07. The molecule has 2 amide bonds. The molecule has 2 atom stereocenters. The van der Waals surface area contributed by atoms with E-state index < -0.39 is 12.0 Å². The second-order valence-electron chi connectivity index (χ2n) is 7.54. The van der Waals surface area contributed by atoms with Gasteiger partial charge in [-0.05, 0) is 49.1 Å². The summed E-state index contributed by atoms with van der Waals surface area (Å²) in [7, 11) is 0. The van der Waals surface area contributed by atoms with Crippen LogP contribution < -0.4 is 10.6 Å². The van der Waals surface area contributed by atoms with Crippen molar-refractivity contribution in [2.24, 2.45) is 5.92 Å². The van der Waals surface area contributed by atoms with Gasteiger partial charge in [-0.1, -0.05) is 37.1 Å². The molecule has 2 aliphatic carbocycles. The van der Waals surface area contributed by atoms with Crippen molar-refractivity contribution in [2.45, 2.75) is 64.0 Å². The summed E-state index contributed by atoms with van der Waals surface area (Å²) in [5.74, 6) is -0.990. The number of nitrogens with one attached hydrogen (secondary N) is 2. The number of fused-ring (bicyclic) bond motifs is 1. The van der Waals surface area contributed by atoms with E-state index in [4.69, 9.17) is 4.74 Å². The van der Waals surface area contributed by atoms with Gasteiger partial charge in [0.1, 0.15) is 6.04 Å². The molecule has 0 radical (unpaired) electrons. The molecule has 2 aliphatic rings. The first-order valence-corrected chi connectivity index (χ1v) is 9.85. The predicted octanol–water partition coefficient (Wildman–Crippen LogP) is 2.42. The number of benzene rings is 1. The van der Waals surface area contributed by atoms with Gasteiger partial charge < -0.3 is 15.4 Å². The second kappa shape index (κ2) is 9.02. The van der Waals surface area contributed by atoms with Gasteiger partial charge in [-0.15, -0.1) is 0 Å². The Labute approximate surface area is 160 Å². The standard InChI is InChI=1S/C21H28N2O4/c1-14(24)22-20(16-8-2-3-9-16)21(26)27-13-19(25)23-18-12-6-10-15-7-4-5-11-17(15)18/h4-5,7,11,16,18,20H,2-3,6,8-10,12-13H2,1H3,(H,22,24)(H,23,25). The first-order valence-electron chi connectivity index (χ1n) is 9.85. The lowest BCUT2D eigenvalue weighted by Crippen LogP contribution is -2.46. The van der Waals surface area contributed by atoms with Crippen LogP contribution >= 0.6 is 0 Å². The molecule has 2 unspecified atom stereocenters. The Kier molecular flexibility index (Phi) is 6.48. The third kappa shape index (κ3) is 5.08. The van der Waals surface area contributed by atoms with Gasteiger partial charge in [0, 0.05) is 6.92 Å². The number of carbonyl (C=O) groups is 3. The average molecular weight is 372 g/mol. The lowest BCUT2D eigenvalue weighted by atomic mass is 9.88. The molecule has 1 aromatic rings. The van der Waals surface area contributed by atoms with Gasteiger partial charge in [0.05, 0.1) is 6.04 Å². The molecular formula is C21H28N2O4. The van der Waals surface area contributed by atoms with Crippen molar-refractivity contribution in [1.82, 2.24) is 10.6 Å². The second-order valence-corrected chi connectivity index (χ2v) is 7.54. The number of hydrogen-bond donors (Lipinski definition) is 2. The molecule has 0 spiro atoms. The number of ether oxygens (including phenoxy) is 1. The van der Waals surface area contributed by atoms with Crippen molar-refractivity contribution < 1.29 is 19.1 Å². The number of hydrogen-bond acceptors (Lipinski definition) is 4. The predicted molar refractivity (Wildman–Crippen MR) is 101 cm³/mol. The largest absolute Gasteiger partial charge is 0.454 e. The van der Waals surface area contributed by atoms with Crippen molar-refractivity contribution >= 4 is 17.8 Å². The van der Waals surface area contributed by atoms with Gasteiger partial charge in [0.2, 0.25) is 5.91 Å². The van der Waals surface area contributed by atoms with Crippen LogP contribution in [0.3, 0.4) is 0 Å². The van der Waals surface area contributed by atoms with Crippen LogP contribution in [0.2, 0.25) is 0 Å². The summed E-state index contributed by atoms with van der Waals surface area (Å²) in [6, 6.07) is 7.42. The third-order valence-electron chi connectivity index (χ3n) is 5.53. The molecule has 0 heterocycles. The van der Waals surface area contributed by atoms with E-state index in [9.17, 15) is 14.4 Å². The fraction of sp³-hybridized carbons (Fsp3) is 0.571. The summed E-state index contributed by atoms with van der Waals surface area (Å²) in [4.78, 5) is 36.2. The molecule has 0 aliphatic heterocycles. The molecule has 0 bridgehead atoms. The van der Waals surface area contributed by atoms with E-state index in [1.54, 1.807) is 0 Å². The molecule has 0 saturated heterocycles. The fourth-order valence-electron chi connectivity index (χ4n) is 4.25. The number of aryl methyl sites for hydroxylation is 1. The molecule has 2 N–H and O–H groups in total. The Balaban J connectivity index is 1.53. The van der Waals surface area contributed by atoms with E-state index in [-0.39, 0.29) is 30.4 Å². The molecule has 6 nitrogen and oxygen atoms in total. The van der Waals surface area contributed by atoms with Crippen LogP contribution in [0.4, 0.5) is 0 Å². The summed E-state index contributed by atoms with van der Waals surface area (Å²) >= 11 is 0. The van der Waals surface area contributed by atoms with Crippen molar-refractivity contribution in [3.63, 3.8) is 0 Å². The summed E-state index contributed by atoms with van der Waals surface area (Å²) in [5.41, 5.74) is 2.41. The van der Waals surface area contributed by atoms with Crippen molar-refractivity contribution in [1.29, 1.82) is 0 Å². The van der Waals surface area contributed by atoms with E-state index in [1.807, 2.05) is 18.2 Å². The van der Waals surface area contributed by atoms with Crippen LogP contribution in [-0.2, 0) is 25.5 Å². The van der Waals surface area contributed by atoms with Gasteiger partial charge in [-0.25, -0.2) is 4.79 Å². The molecule has 146 valence electrons. The van der Waals surface area contributed by atoms with Crippen LogP contribution in [0.1, 0.15) is 62.6 Å². The van der Waals surface area contributed by atoms with Gasteiger partial charge in [-0.2, -0.15) is 0 Å². The smallest absolute Gasteiger partial charge is 0.329 e. The van der Waals surface area contributed by atoms with Crippen molar-refractivity contribution in [3.8, 4) is 0 Å². The van der Waals surface area contributed by atoms with E-state index in [0.717, 1.165) is 50.5 Å². The van der Waals surface area contributed by atoms with Crippen LogP contribution in [0.5, 0.6) is 0 Å². The maximum atomic E-state index is 12.4. The number of amides is 2. The maximum Gasteiger partial charge on any atom is 0.329 e. The first kappa shape index (κ1) is 19.4. The Morgan fingerprint density at radius 1 is 1.11 bits per heavy atom. The van der Waals surface area contributed by atoms with E-state index >= 15 is 0 Å². The first-order chi connectivity index (χ1) is 13.0. The minimum Gasteiger partial charge on any atom is -0.454 e. The van der Waals surface area contributed by atoms with Crippen LogP contribution in [0.25, 0.3) is 0 Å². The van der Waals surface area contributed by atoms with E-state index in [0.29, 0.717) is 0 Å². The average Bonchev–Trinajstić information content (AvgIpc) is 3.19. The highest BCUT2D eigenvalue weighted by molar-refractivity contribution is 5.86. The number of rotatable bonds is 6. The molecular weight excluding hydrogens is 344 g/mol. The van der Waals surface area contributed by atoms with Crippen molar-refractivity contribution in [3.05, 3.63) is 35.4 Å². The highest BCUT2D eigenvalue weighted by Gasteiger charge is 2.33. The Bertz CT molecular complexity index is 697. The zero-order chi connectivity index (χ0) is 19.2. The highest BCUT2D eigenvalue weighted by atomic mass is 16.5. The Morgan fingerprint density at radius 2 is 1.85 bits per heavy atom. The monoisotopic (exact) mass is 372 g/mol. The Hall–Kier alpha value is -2.37. The number of carbonyl (C=O) groups excluding carboxylic acids is 3. The molecule has 3 rings (SSSR count). The molecule has 0 aromatic heterocycles. The quantitative estimate of drug-likeness (QED) is 0.751. The zero-order valence-corrected chi connectivity index (χ0v) is 15.8.